The fourth-order valence-corrected chi connectivity index (χ4v) is 1.43. The van der Waals surface area contributed by atoms with Crippen molar-refractivity contribution >= 4 is 17.6 Å². The van der Waals surface area contributed by atoms with Crippen molar-refractivity contribution in [1.82, 2.24) is 4.98 Å². The van der Waals surface area contributed by atoms with Gasteiger partial charge in [0, 0.05) is 6.20 Å². The number of pyridine rings is 1. The minimum Gasteiger partial charge on any atom is -0.591 e. The molecule has 1 aromatic rings. The van der Waals surface area contributed by atoms with E-state index in [1.54, 1.807) is 20.8 Å². The standard InChI is InChI=1S/C11H13F3N2OS/c1-10(2,3)18(17)16-7-9-5-4-8(6-15-9)11(12,13)14/h4-7H,1-3H3/t18-/m0/s1. The van der Waals surface area contributed by atoms with Gasteiger partial charge in [0.1, 0.15) is 22.3 Å². The molecule has 1 atom stereocenters. The zero-order valence-electron chi connectivity index (χ0n) is 10.2. The van der Waals surface area contributed by atoms with Gasteiger partial charge in [-0.05, 0) is 32.9 Å². The molecule has 0 saturated heterocycles. The van der Waals surface area contributed by atoms with Crippen molar-refractivity contribution in [2.75, 3.05) is 0 Å². The van der Waals surface area contributed by atoms with Crippen LogP contribution in [0.2, 0.25) is 0 Å². The Balaban J connectivity index is 2.79. The van der Waals surface area contributed by atoms with Crippen LogP contribution in [0.25, 0.3) is 0 Å². The third-order valence-corrected chi connectivity index (χ3v) is 3.26. The van der Waals surface area contributed by atoms with Gasteiger partial charge in [-0.15, -0.1) is 0 Å². The van der Waals surface area contributed by atoms with Gasteiger partial charge < -0.3 is 4.55 Å². The number of alkyl halides is 3. The highest BCUT2D eigenvalue weighted by atomic mass is 32.2. The Hall–Kier alpha value is -1.08. The smallest absolute Gasteiger partial charge is 0.417 e. The van der Waals surface area contributed by atoms with Gasteiger partial charge >= 0.3 is 6.18 Å². The highest BCUT2D eigenvalue weighted by molar-refractivity contribution is 7.91. The summed E-state index contributed by atoms with van der Waals surface area (Å²) in [5.74, 6) is 0. The normalized spacial score (nSPS) is 15.1. The Morgan fingerprint density at radius 1 is 1.28 bits per heavy atom. The average molecular weight is 278 g/mol. The molecule has 0 unspecified atom stereocenters. The van der Waals surface area contributed by atoms with Crippen LogP contribution in [0.1, 0.15) is 32.0 Å². The van der Waals surface area contributed by atoms with Crippen LogP contribution in [-0.4, -0.2) is 20.5 Å². The molecule has 0 aliphatic carbocycles. The van der Waals surface area contributed by atoms with Crippen molar-refractivity contribution < 1.29 is 17.7 Å². The molecule has 0 aliphatic heterocycles. The van der Waals surface area contributed by atoms with E-state index in [0.29, 0.717) is 0 Å². The maximum Gasteiger partial charge on any atom is 0.417 e. The van der Waals surface area contributed by atoms with E-state index in [-0.39, 0.29) is 5.69 Å². The first-order valence-corrected chi connectivity index (χ1v) is 6.21. The third kappa shape index (κ3) is 4.30. The lowest BCUT2D eigenvalue weighted by atomic mass is 10.2. The van der Waals surface area contributed by atoms with E-state index in [1.807, 2.05) is 0 Å². The van der Waals surface area contributed by atoms with Crippen LogP contribution in [0.15, 0.2) is 22.7 Å². The van der Waals surface area contributed by atoms with E-state index in [9.17, 15) is 17.7 Å². The monoisotopic (exact) mass is 278 g/mol. The van der Waals surface area contributed by atoms with Crippen LogP contribution >= 0.6 is 0 Å². The number of hydrogen-bond donors (Lipinski definition) is 0. The quantitative estimate of drug-likeness (QED) is 0.617. The molecule has 3 nitrogen and oxygen atoms in total. The van der Waals surface area contributed by atoms with Crippen molar-refractivity contribution in [1.29, 1.82) is 0 Å². The molecule has 0 bridgehead atoms. The predicted octanol–water partition coefficient (Wildman–Crippen LogP) is 2.98. The Bertz CT molecular complexity index is 423. The maximum atomic E-state index is 12.3. The van der Waals surface area contributed by atoms with Crippen LogP contribution in [0.4, 0.5) is 13.2 Å². The summed E-state index contributed by atoms with van der Waals surface area (Å²) in [6, 6.07) is 2.10. The van der Waals surface area contributed by atoms with Crippen LogP contribution in [0.5, 0.6) is 0 Å². The minimum atomic E-state index is -4.41. The molecule has 18 heavy (non-hydrogen) atoms. The molecule has 0 N–H and O–H groups in total. The first-order chi connectivity index (χ1) is 8.10. The van der Waals surface area contributed by atoms with Crippen molar-refractivity contribution in [3.8, 4) is 0 Å². The maximum absolute atomic E-state index is 12.3. The Labute approximate surface area is 106 Å². The fraction of sp³-hybridized carbons (Fsp3) is 0.455. The molecule has 0 saturated carbocycles. The second-order valence-electron chi connectivity index (χ2n) is 4.57. The first-order valence-electron chi connectivity index (χ1n) is 5.10. The van der Waals surface area contributed by atoms with E-state index in [0.717, 1.165) is 12.3 Å². The fourth-order valence-electron chi connectivity index (χ4n) is 0.909. The lowest BCUT2D eigenvalue weighted by Gasteiger charge is -2.17. The zero-order chi connectivity index (χ0) is 14.0. The molecule has 1 heterocycles. The van der Waals surface area contributed by atoms with Crippen molar-refractivity contribution in [3.05, 3.63) is 29.6 Å². The van der Waals surface area contributed by atoms with Crippen molar-refractivity contribution in [2.45, 2.75) is 31.7 Å². The lowest BCUT2D eigenvalue weighted by molar-refractivity contribution is -0.137. The molecule has 0 fully saturated rings. The van der Waals surface area contributed by atoms with Crippen molar-refractivity contribution in [3.63, 3.8) is 0 Å². The SMILES string of the molecule is CC(C)(C)[S@+]([O-])N=Cc1ccc(C(F)(F)F)cn1. The molecule has 1 rings (SSSR count). The summed E-state index contributed by atoms with van der Waals surface area (Å²) in [5.41, 5.74) is -0.586. The summed E-state index contributed by atoms with van der Waals surface area (Å²) in [7, 11) is 0. The van der Waals surface area contributed by atoms with Gasteiger partial charge in [-0.1, -0.05) is 4.40 Å². The van der Waals surface area contributed by atoms with Gasteiger partial charge in [0.25, 0.3) is 0 Å². The van der Waals surface area contributed by atoms with E-state index in [2.05, 4.69) is 9.38 Å². The molecular formula is C11H13F3N2OS. The molecular weight excluding hydrogens is 265 g/mol. The second-order valence-corrected chi connectivity index (χ2v) is 6.50. The number of halogens is 3. The average Bonchev–Trinajstić information content (AvgIpc) is 2.24. The highest BCUT2D eigenvalue weighted by Gasteiger charge is 2.30. The lowest BCUT2D eigenvalue weighted by Crippen LogP contribution is -2.25. The van der Waals surface area contributed by atoms with Crippen LogP contribution in [-0.2, 0) is 17.5 Å². The number of hydrogen-bond acceptors (Lipinski definition) is 3. The molecule has 0 aliphatic rings. The Morgan fingerprint density at radius 2 is 1.89 bits per heavy atom. The van der Waals surface area contributed by atoms with Gasteiger partial charge in [0.15, 0.2) is 0 Å². The molecule has 0 radical (unpaired) electrons. The van der Waals surface area contributed by atoms with Gasteiger partial charge in [-0.2, -0.15) is 13.2 Å². The summed E-state index contributed by atoms with van der Waals surface area (Å²) in [6.07, 6.45) is -2.47. The summed E-state index contributed by atoms with van der Waals surface area (Å²) in [6.45, 7) is 5.25. The molecule has 0 spiro atoms. The molecule has 7 heteroatoms. The van der Waals surface area contributed by atoms with Gasteiger partial charge in [0.2, 0.25) is 0 Å². The summed E-state index contributed by atoms with van der Waals surface area (Å²) >= 11 is -1.45. The largest absolute Gasteiger partial charge is 0.591 e. The van der Waals surface area contributed by atoms with E-state index in [1.165, 1.54) is 12.3 Å². The van der Waals surface area contributed by atoms with E-state index in [4.69, 9.17) is 0 Å². The Kier molecular flexibility index (Phi) is 4.39. The van der Waals surface area contributed by atoms with Crippen LogP contribution in [0, 0.1) is 0 Å². The highest BCUT2D eigenvalue weighted by Crippen LogP contribution is 2.28. The van der Waals surface area contributed by atoms with Gasteiger partial charge in [-0.25, -0.2) is 0 Å². The van der Waals surface area contributed by atoms with E-state index >= 15 is 0 Å². The number of aromatic nitrogens is 1. The molecule has 0 aromatic carbocycles. The van der Waals surface area contributed by atoms with Gasteiger partial charge in [0.05, 0.1) is 11.3 Å². The summed E-state index contributed by atoms with van der Waals surface area (Å²) < 4.78 is 51.6. The molecule has 100 valence electrons. The predicted molar refractivity (Wildman–Crippen MR) is 64.7 cm³/mol. The van der Waals surface area contributed by atoms with E-state index < -0.39 is 27.8 Å². The van der Waals surface area contributed by atoms with Crippen LogP contribution < -0.4 is 0 Å². The van der Waals surface area contributed by atoms with Crippen molar-refractivity contribution in [2.24, 2.45) is 4.40 Å². The third-order valence-electron chi connectivity index (χ3n) is 1.92. The van der Waals surface area contributed by atoms with Gasteiger partial charge in [-0.3, -0.25) is 4.98 Å². The van der Waals surface area contributed by atoms with Crippen LogP contribution in [0.3, 0.4) is 0 Å². The second kappa shape index (κ2) is 5.27. The first kappa shape index (κ1) is 15.0. The zero-order valence-corrected chi connectivity index (χ0v) is 11.0. The number of nitrogens with zero attached hydrogens (tertiary/aromatic N) is 2. The number of rotatable bonds is 2. The summed E-state index contributed by atoms with van der Waals surface area (Å²) in [5, 5.41) is 0. The molecule has 0 amide bonds. The topological polar surface area (TPSA) is 48.3 Å². The Morgan fingerprint density at radius 3 is 2.28 bits per heavy atom. The summed E-state index contributed by atoms with van der Waals surface area (Å²) in [4.78, 5) is 3.60. The minimum absolute atomic E-state index is 0.237. The molecule has 1 aromatic heterocycles.